The predicted molar refractivity (Wildman–Crippen MR) is 78.0 cm³/mol. The Kier molecular flexibility index (Phi) is 4.26. The van der Waals surface area contributed by atoms with Gasteiger partial charge in [-0.1, -0.05) is 25.0 Å². The summed E-state index contributed by atoms with van der Waals surface area (Å²) in [5.74, 6) is -0.712. The molecule has 108 valence electrons. The van der Waals surface area contributed by atoms with Gasteiger partial charge in [0.1, 0.15) is 0 Å². The largest absolute Gasteiger partial charge is 0.481 e. The van der Waals surface area contributed by atoms with Crippen LogP contribution in [0.2, 0.25) is 0 Å². The molecule has 3 heteroatoms. The van der Waals surface area contributed by atoms with E-state index in [1.165, 1.54) is 5.56 Å². The predicted octanol–water partition coefficient (Wildman–Crippen LogP) is 3.91. The van der Waals surface area contributed by atoms with E-state index < -0.39 is 5.97 Å². The van der Waals surface area contributed by atoms with Crippen molar-refractivity contribution in [1.82, 2.24) is 0 Å². The molecule has 1 aliphatic carbocycles. The van der Waals surface area contributed by atoms with Crippen molar-refractivity contribution in [2.75, 3.05) is 0 Å². The molecule has 0 aliphatic heterocycles. The van der Waals surface area contributed by atoms with Gasteiger partial charge in [0.25, 0.3) is 0 Å². The number of aliphatic carboxylic acids is 1. The second-order valence-corrected chi connectivity index (χ2v) is 6.18. The molecule has 1 fully saturated rings. The lowest BCUT2D eigenvalue weighted by molar-refractivity contribution is -0.139. The molecule has 3 nitrogen and oxygen atoms in total. The van der Waals surface area contributed by atoms with Gasteiger partial charge >= 0.3 is 5.97 Å². The second kappa shape index (κ2) is 5.78. The summed E-state index contributed by atoms with van der Waals surface area (Å²) < 4.78 is 0. The van der Waals surface area contributed by atoms with Crippen LogP contribution in [-0.4, -0.2) is 16.9 Å². The molecule has 1 aromatic rings. The van der Waals surface area contributed by atoms with Crippen molar-refractivity contribution in [2.45, 2.75) is 52.4 Å². The van der Waals surface area contributed by atoms with Gasteiger partial charge in [0, 0.05) is 12.0 Å². The van der Waals surface area contributed by atoms with Crippen LogP contribution in [0.15, 0.2) is 18.2 Å². The second-order valence-electron chi connectivity index (χ2n) is 6.18. The van der Waals surface area contributed by atoms with Gasteiger partial charge in [-0.15, -0.1) is 0 Å². The van der Waals surface area contributed by atoms with E-state index in [-0.39, 0.29) is 17.6 Å². The number of Topliss-reactive ketones (excluding diaryl/α,β-unsaturated/α-hetero) is 1. The molecule has 0 bridgehead atoms. The molecule has 0 amide bonds. The van der Waals surface area contributed by atoms with E-state index in [1.54, 1.807) is 0 Å². The SMILES string of the molecule is Cc1ccc(C(=O)CC2(CC(=O)O)CCCC2)cc1C. The molecule has 0 heterocycles. The standard InChI is InChI=1S/C17H22O3/c1-12-5-6-14(9-13(12)2)15(18)10-17(11-16(19)20)7-3-4-8-17/h5-6,9H,3-4,7-8,10-11H2,1-2H3,(H,19,20). The van der Waals surface area contributed by atoms with Crippen LogP contribution in [0.4, 0.5) is 0 Å². The quantitative estimate of drug-likeness (QED) is 0.828. The highest BCUT2D eigenvalue weighted by atomic mass is 16.4. The Morgan fingerprint density at radius 3 is 2.30 bits per heavy atom. The molecule has 0 atom stereocenters. The van der Waals surface area contributed by atoms with Gasteiger partial charge in [0.05, 0.1) is 6.42 Å². The van der Waals surface area contributed by atoms with Crippen LogP contribution in [0, 0.1) is 19.3 Å². The first-order chi connectivity index (χ1) is 9.42. The third kappa shape index (κ3) is 3.27. The molecule has 0 unspecified atom stereocenters. The van der Waals surface area contributed by atoms with Crippen LogP contribution >= 0.6 is 0 Å². The number of ketones is 1. The summed E-state index contributed by atoms with van der Waals surface area (Å²) in [5.41, 5.74) is 2.67. The summed E-state index contributed by atoms with van der Waals surface area (Å²) in [6.07, 6.45) is 4.26. The van der Waals surface area contributed by atoms with Crippen molar-refractivity contribution < 1.29 is 14.7 Å². The van der Waals surface area contributed by atoms with Gasteiger partial charge in [0.15, 0.2) is 5.78 Å². The van der Waals surface area contributed by atoms with Crippen molar-refractivity contribution in [3.8, 4) is 0 Å². The van der Waals surface area contributed by atoms with Crippen LogP contribution in [0.5, 0.6) is 0 Å². The summed E-state index contributed by atoms with van der Waals surface area (Å²) in [6, 6.07) is 5.73. The smallest absolute Gasteiger partial charge is 0.303 e. The third-order valence-electron chi connectivity index (χ3n) is 4.55. The third-order valence-corrected chi connectivity index (χ3v) is 4.55. The summed E-state index contributed by atoms with van der Waals surface area (Å²) >= 11 is 0. The fraction of sp³-hybridized carbons (Fsp3) is 0.529. The topological polar surface area (TPSA) is 54.4 Å². The maximum absolute atomic E-state index is 12.5. The lowest BCUT2D eigenvalue weighted by atomic mass is 9.77. The van der Waals surface area contributed by atoms with E-state index in [4.69, 9.17) is 5.11 Å². The summed E-state index contributed by atoms with van der Waals surface area (Å²) in [5, 5.41) is 9.09. The summed E-state index contributed by atoms with van der Waals surface area (Å²) in [7, 11) is 0. The minimum absolute atomic E-state index is 0.0799. The Bertz CT molecular complexity index is 525. The minimum Gasteiger partial charge on any atom is -0.481 e. The van der Waals surface area contributed by atoms with E-state index in [9.17, 15) is 9.59 Å². The Labute approximate surface area is 120 Å². The van der Waals surface area contributed by atoms with Crippen molar-refractivity contribution >= 4 is 11.8 Å². The van der Waals surface area contributed by atoms with Crippen molar-refractivity contribution in [3.05, 3.63) is 34.9 Å². The zero-order valence-electron chi connectivity index (χ0n) is 12.2. The number of carboxylic acids is 1. The molecule has 0 saturated heterocycles. The number of carbonyl (C=O) groups excluding carboxylic acids is 1. The summed E-state index contributed by atoms with van der Waals surface area (Å²) in [6.45, 7) is 4.02. The van der Waals surface area contributed by atoms with Gasteiger partial charge < -0.3 is 5.11 Å². The molecule has 0 spiro atoms. The molecular formula is C17H22O3. The number of carbonyl (C=O) groups is 2. The molecule has 0 radical (unpaired) electrons. The average Bonchev–Trinajstić information content (AvgIpc) is 2.79. The minimum atomic E-state index is -0.792. The lowest BCUT2D eigenvalue weighted by Gasteiger charge is -2.26. The van der Waals surface area contributed by atoms with Gasteiger partial charge in [-0.25, -0.2) is 0 Å². The normalized spacial score (nSPS) is 17.1. The lowest BCUT2D eigenvalue weighted by Crippen LogP contribution is -2.24. The Morgan fingerprint density at radius 1 is 1.10 bits per heavy atom. The number of rotatable bonds is 5. The monoisotopic (exact) mass is 274 g/mol. The van der Waals surface area contributed by atoms with E-state index >= 15 is 0 Å². The first kappa shape index (κ1) is 14.8. The zero-order valence-corrected chi connectivity index (χ0v) is 12.2. The molecule has 1 aliphatic rings. The van der Waals surface area contributed by atoms with E-state index in [1.807, 2.05) is 32.0 Å². The van der Waals surface area contributed by atoms with Gasteiger partial charge in [-0.3, -0.25) is 9.59 Å². The number of aryl methyl sites for hydroxylation is 2. The van der Waals surface area contributed by atoms with E-state index in [0.717, 1.165) is 31.2 Å². The van der Waals surface area contributed by atoms with Crippen LogP contribution in [0.25, 0.3) is 0 Å². The maximum Gasteiger partial charge on any atom is 0.303 e. The molecule has 20 heavy (non-hydrogen) atoms. The number of hydrogen-bond acceptors (Lipinski definition) is 2. The van der Waals surface area contributed by atoms with E-state index in [0.29, 0.717) is 12.0 Å². The van der Waals surface area contributed by atoms with Crippen molar-refractivity contribution in [1.29, 1.82) is 0 Å². The van der Waals surface area contributed by atoms with Crippen LogP contribution in [0.3, 0.4) is 0 Å². The Morgan fingerprint density at radius 2 is 1.75 bits per heavy atom. The van der Waals surface area contributed by atoms with Gasteiger partial charge in [-0.2, -0.15) is 0 Å². The highest BCUT2D eigenvalue weighted by Gasteiger charge is 2.38. The highest BCUT2D eigenvalue weighted by Crippen LogP contribution is 2.44. The van der Waals surface area contributed by atoms with Crippen LogP contribution < -0.4 is 0 Å². The van der Waals surface area contributed by atoms with Gasteiger partial charge in [-0.05, 0) is 49.3 Å². The van der Waals surface area contributed by atoms with Crippen molar-refractivity contribution in [3.63, 3.8) is 0 Å². The Balaban J connectivity index is 2.16. The molecular weight excluding hydrogens is 252 g/mol. The fourth-order valence-corrected chi connectivity index (χ4v) is 3.22. The van der Waals surface area contributed by atoms with Gasteiger partial charge in [0.2, 0.25) is 0 Å². The molecule has 0 aromatic heterocycles. The molecule has 1 N–H and O–H groups in total. The van der Waals surface area contributed by atoms with Crippen LogP contribution in [0.1, 0.15) is 60.0 Å². The highest BCUT2D eigenvalue weighted by molar-refractivity contribution is 5.97. The first-order valence-electron chi connectivity index (χ1n) is 7.24. The van der Waals surface area contributed by atoms with Crippen LogP contribution in [-0.2, 0) is 4.79 Å². The number of benzene rings is 1. The molecule has 2 rings (SSSR count). The summed E-state index contributed by atoms with van der Waals surface area (Å²) in [4.78, 5) is 23.5. The Hall–Kier alpha value is -1.64. The number of hydrogen-bond donors (Lipinski definition) is 1. The van der Waals surface area contributed by atoms with Crippen molar-refractivity contribution in [2.24, 2.45) is 5.41 Å². The number of carboxylic acid groups (broad SMARTS) is 1. The zero-order chi connectivity index (χ0) is 14.8. The molecule has 1 saturated carbocycles. The molecule has 1 aromatic carbocycles. The average molecular weight is 274 g/mol. The first-order valence-corrected chi connectivity index (χ1v) is 7.24. The maximum atomic E-state index is 12.5. The fourth-order valence-electron chi connectivity index (χ4n) is 3.22. The van der Waals surface area contributed by atoms with E-state index in [2.05, 4.69) is 0 Å².